The fourth-order valence-electron chi connectivity index (χ4n) is 12.8. The second-order valence-corrected chi connectivity index (χ2v) is 20.3. The molecule has 7 aromatic heterocycles. The molecule has 0 aliphatic heterocycles. The van der Waals surface area contributed by atoms with E-state index in [-0.39, 0.29) is 0 Å². The van der Waals surface area contributed by atoms with Gasteiger partial charge in [0.2, 0.25) is 0 Å². The van der Waals surface area contributed by atoms with Crippen LogP contribution in [0.25, 0.3) is 138 Å². The third kappa shape index (κ3) is 6.16. The summed E-state index contributed by atoms with van der Waals surface area (Å²) in [6.45, 7) is 0. The molecule has 0 bridgehead atoms. The highest BCUT2D eigenvalue weighted by atomic mass is 15.2. The molecular formula is C70H44N8. The van der Waals surface area contributed by atoms with Crippen LogP contribution in [-0.4, -0.2) is 32.8 Å². The van der Waals surface area contributed by atoms with Crippen LogP contribution in [0.2, 0.25) is 0 Å². The number of nitrogens with one attached hydrogen (secondary N) is 1. The molecule has 0 aliphatic rings. The van der Waals surface area contributed by atoms with Crippen LogP contribution in [0, 0.1) is 0 Å². The summed E-state index contributed by atoms with van der Waals surface area (Å²) in [6, 6.07) is 93.7. The van der Waals surface area contributed by atoms with Gasteiger partial charge in [0.15, 0.2) is 0 Å². The minimum Gasteiger partial charge on any atom is -0.355 e. The van der Waals surface area contributed by atoms with Crippen molar-refractivity contribution in [2.75, 3.05) is 5.32 Å². The summed E-state index contributed by atoms with van der Waals surface area (Å²) in [5.74, 6) is 3.32. The lowest BCUT2D eigenvalue weighted by Crippen LogP contribution is -2.07. The molecule has 0 unspecified atom stereocenters. The van der Waals surface area contributed by atoms with Gasteiger partial charge in [0.1, 0.15) is 23.3 Å². The number of hydrogen-bond acceptors (Lipinski definition) is 3. The molecule has 17 aromatic rings. The average Bonchev–Trinajstić information content (AvgIpc) is 4.43. The van der Waals surface area contributed by atoms with E-state index in [1.54, 1.807) is 0 Å². The summed E-state index contributed by atoms with van der Waals surface area (Å²) in [6.07, 6.45) is 0. The minimum atomic E-state index is 0.819. The number of para-hydroxylation sites is 8. The first-order valence-electron chi connectivity index (χ1n) is 26.5. The summed E-state index contributed by atoms with van der Waals surface area (Å²) in [5.41, 5.74) is 13.9. The first kappa shape index (κ1) is 42.6. The quantitative estimate of drug-likeness (QED) is 0.173. The van der Waals surface area contributed by atoms with Crippen LogP contribution in [0.4, 0.5) is 11.4 Å². The maximum atomic E-state index is 5.72. The Morgan fingerprint density at radius 1 is 0.205 bits per heavy atom. The van der Waals surface area contributed by atoms with E-state index in [9.17, 15) is 0 Å². The Morgan fingerprint density at radius 3 is 1.00 bits per heavy atom. The molecule has 7 heterocycles. The van der Waals surface area contributed by atoms with Crippen molar-refractivity contribution in [1.82, 2.24) is 32.8 Å². The lowest BCUT2D eigenvalue weighted by Gasteiger charge is -2.16. The van der Waals surface area contributed by atoms with E-state index in [1.807, 2.05) is 6.07 Å². The highest BCUT2D eigenvalue weighted by Gasteiger charge is 2.24. The van der Waals surface area contributed by atoms with Crippen molar-refractivity contribution in [3.63, 3.8) is 0 Å². The molecule has 1 N–H and O–H groups in total. The van der Waals surface area contributed by atoms with Crippen molar-refractivity contribution in [2.24, 2.45) is 0 Å². The van der Waals surface area contributed by atoms with E-state index in [2.05, 4.69) is 283 Å². The number of anilines is 2. The van der Waals surface area contributed by atoms with Crippen LogP contribution in [0.15, 0.2) is 261 Å². The van der Waals surface area contributed by atoms with Crippen LogP contribution in [-0.2, 0) is 0 Å². The Bertz CT molecular complexity index is 5030. The van der Waals surface area contributed by atoms with Gasteiger partial charge < -0.3 is 9.88 Å². The van der Waals surface area contributed by atoms with Gasteiger partial charge in [-0.3, -0.25) is 18.3 Å². The van der Waals surface area contributed by atoms with Crippen LogP contribution >= 0.6 is 0 Å². The molecule has 0 amide bonds. The van der Waals surface area contributed by atoms with Crippen molar-refractivity contribution in [1.29, 1.82) is 0 Å². The molecule has 8 nitrogen and oxygen atoms in total. The molecule has 10 aromatic carbocycles. The fraction of sp³-hybridized carbons (Fsp3) is 0. The molecule has 8 heteroatoms. The van der Waals surface area contributed by atoms with Gasteiger partial charge >= 0.3 is 0 Å². The summed E-state index contributed by atoms with van der Waals surface area (Å²) in [7, 11) is 0. The van der Waals surface area contributed by atoms with E-state index in [0.717, 1.165) is 117 Å². The number of nitrogens with zero attached hydrogens (tertiary/aromatic N) is 7. The summed E-state index contributed by atoms with van der Waals surface area (Å²) in [4.78, 5) is 11.4. The Kier molecular flexibility index (Phi) is 8.96. The normalized spacial score (nSPS) is 12.1. The number of hydrogen-bond donors (Lipinski definition) is 1. The van der Waals surface area contributed by atoms with Crippen LogP contribution in [0.1, 0.15) is 0 Å². The second-order valence-electron chi connectivity index (χ2n) is 20.3. The van der Waals surface area contributed by atoms with Gasteiger partial charge in [0, 0.05) is 77.4 Å². The Hall–Kier alpha value is -10.7. The van der Waals surface area contributed by atoms with E-state index >= 15 is 0 Å². The predicted octanol–water partition coefficient (Wildman–Crippen LogP) is 17.7. The van der Waals surface area contributed by atoms with E-state index in [0.29, 0.717) is 0 Å². The summed E-state index contributed by atoms with van der Waals surface area (Å²) >= 11 is 0. The predicted molar refractivity (Wildman–Crippen MR) is 323 cm³/mol. The molecule has 0 fully saturated rings. The second kappa shape index (κ2) is 16.4. The van der Waals surface area contributed by atoms with Gasteiger partial charge in [-0.25, -0.2) is 9.97 Å². The van der Waals surface area contributed by atoms with Crippen molar-refractivity contribution >= 4 is 120 Å². The molecule has 0 aliphatic carbocycles. The number of benzene rings is 10. The molecule has 0 saturated carbocycles. The largest absolute Gasteiger partial charge is 0.355 e. The van der Waals surface area contributed by atoms with E-state index in [4.69, 9.17) is 9.97 Å². The van der Waals surface area contributed by atoms with Crippen LogP contribution in [0.5, 0.6) is 0 Å². The minimum absolute atomic E-state index is 0.819. The molecule has 17 rings (SSSR count). The first-order valence-corrected chi connectivity index (χ1v) is 26.5. The van der Waals surface area contributed by atoms with Gasteiger partial charge in [-0.15, -0.1) is 0 Å². The van der Waals surface area contributed by atoms with Crippen molar-refractivity contribution < 1.29 is 0 Å². The average molecular weight is 997 g/mol. The zero-order valence-electron chi connectivity index (χ0n) is 42.0. The highest BCUT2D eigenvalue weighted by Crippen LogP contribution is 2.43. The number of fused-ring (bicyclic) bond motifs is 15. The third-order valence-electron chi connectivity index (χ3n) is 16.0. The molecule has 0 radical (unpaired) electrons. The van der Waals surface area contributed by atoms with Crippen LogP contribution < -0.4 is 5.32 Å². The third-order valence-corrected chi connectivity index (χ3v) is 16.0. The van der Waals surface area contributed by atoms with E-state index < -0.39 is 0 Å². The number of rotatable bonds is 7. The maximum absolute atomic E-state index is 5.72. The molecule has 78 heavy (non-hydrogen) atoms. The topological polar surface area (TPSA) is 62.5 Å². The SMILES string of the molecule is c1ccc(Nc2ccc3c4cc5c6ccccc6n(-c6cc(-n7c8ccccc8c8ccccc87)nc(-n7c8ccccc8c8ccccc87)c6)c5cc4n(-c4cccc(-n5c6ccccc6c6ccccc65)n4)c3c2)cc1. The van der Waals surface area contributed by atoms with Crippen LogP contribution in [0.3, 0.4) is 0 Å². The monoisotopic (exact) mass is 996 g/mol. The lowest BCUT2D eigenvalue weighted by molar-refractivity contribution is 0.997. The van der Waals surface area contributed by atoms with Crippen molar-refractivity contribution in [2.45, 2.75) is 0 Å². The lowest BCUT2D eigenvalue weighted by atomic mass is 10.1. The van der Waals surface area contributed by atoms with Crippen molar-refractivity contribution in [3.05, 3.63) is 261 Å². The van der Waals surface area contributed by atoms with Crippen molar-refractivity contribution in [3.8, 4) is 29.0 Å². The van der Waals surface area contributed by atoms with Gasteiger partial charge in [0.25, 0.3) is 0 Å². The number of pyridine rings is 2. The first-order chi connectivity index (χ1) is 38.7. The highest BCUT2D eigenvalue weighted by molar-refractivity contribution is 6.20. The summed E-state index contributed by atoms with van der Waals surface area (Å²) in [5, 5.41) is 15.4. The maximum Gasteiger partial charge on any atom is 0.142 e. The molecule has 0 spiro atoms. The van der Waals surface area contributed by atoms with Gasteiger partial charge in [-0.1, -0.05) is 158 Å². The Labute approximate surface area is 446 Å². The molecule has 364 valence electrons. The zero-order valence-corrected chi connectivity index (χ0v) is 42.0. The smallest absolute Gasteiger partial charge is 0.142 e. The molecule has 0 atom stereocenters. The Balaban J connectivity index is 0.972. The van der Waals surface area contributed by atoms with Gasteiger partial charge in [0.05, 0.1) is 60.9 Å². The summed E-state index contributed by atoms with van der Waals surface area (Å²) < 4.78 is 11.8. The molecular weight excluding hydrogens is 953 g/mol. The van der Waals surface area contributed by atoms with E-state index in [1.165, 1.54) is 32.3 Å². The fourth-order valence-corrected chi connectivity index (χ4v) is 12.8. The van der Waals surface area contributed by atoms with Gasteiger partial charge in [-0.05, 0) is 91.0 Å². The zero-order chi connectivity index (χ0) is 51.0. The standard InChI is InChI=1S/C70H44N8/c1-2-19-44(20-3-1)71-45-37-38-54-56-42-55-53-27-10-11-28-57(53)74(65(55)43-66(56)78(64(54)39-45)68-36-18-35-67(72-68)75-58-29-12-4-21-47(58)48-22-5-13-30-59(48)75)46-40-69(76-60-31-14-6-23-49(60)50-24-7-15-32-61(50)76)73-70(41-46)77-62-33-16-8-25-51(62)52-26-9-17-34-63(52)77/h1-43,71H. The Morgan fingerprint density at radius 2 is 0.538 bits per heavy atom. The number of aromatic nitrogens is 7. The molecule has 0 saturated heterocycles. The van der Waals surface area contributed by atoms with Gasteiger partial charge in [-0.2, -0.15) is 0 Å².